The van der Waals surface area contributed by atoms with Gasteiger partial charge in [0, 0.05) is 11.9 Å². The molecule has 0 aromatic heterocycles. The molecule has 0 N–H and O–H groups in total. The summed E-state index contributed by atoms with van der Waals surface area (Å²) in [5.41, 5.74) is 0. The number of halogens is 1. The van der Waals surface area contributed by atoms with Gasteiger partial charge in [-0.25, -0.2) is 0 Å². The Hall–Kier alpha value is -1.34. The highest BCUT2D eigenvalue weighted by molar-refractivity contribution is 9.09. The molecule has 0 fully saturated rings. The van der Waals surface area contributed by atoms with Crippen molar-refractivity contribution in [3.8, 4) is 11.5 Å². The lowest BCUT2D eigenvalue weighted by Gasteiger charge is -2.29. The van der Waals surface area contributed by atoms with Crippen molar-refractivity contribution in [3.63, 3.8) is 0 Å². The molecule has 0 heterocycles. The zero-order valence-corrected chi connectivity index (χ0v) is 15.7. The summed E-state index contributed by atoms with van der Waals surface area (Å²) in [4.78, 5) is 0. The van der Waals surface area contributed by atoms with Gasteiger partial charge in [-0.3, -0.25) is 0 Å². The number of rotatable bonds is 10. The van der Waals surface area contributed by atoms with Crippen LogP contribution in [0.25, 0.3) is 0 Å². The van der Waals surface area contributed by atoms with Crippen LogP contribution in [0.2, 0.25) is 6.04 Å². The summed E-state index contributed by atoms with van der Waals surface area (Å²) in [5.74, 6) is 1.46. The molecular weight excluding hydrogens is 376 g/mol. The average Bonchev–Trinajstić information content (AvgIpc) is 2.57. The van der Waals surface area contributed by atoms with E-state index in [0.29, 0.717) is 18.0 Å². The van der Waals surface area contributed by atoms with Crippen LogP contribution in [0.3, 0.4) is 0 Å². The first kappa shape index (κ1) is 18.0. The molecule has 0 aliphatic carbocycles. The van der Waals surface area contributed by atoms with Crippen molar-refractivity contribution in [3.05, 3.63) is 60.7 Å². The fraction of sp³-hybridized carbons (Fsp3) is 0.294. The highest BCUT2D eigenvalue weighted by Gasteiger charge is 2.46. The predicted octanol–water partition coefficient (Wildman–Crippen LogP) is 4.49. The van der Waals surface area contributed by atoms with Gasteiger partial charge >= 0.3 is 8.80 Å². The smallest absolute Gasteiger partial charge is 0.492 e. The quantitative estimate of drug-likeness (QED) is 0.256. The number of hydrogen-bond donors (Lipinski definition) is 0. The van der Waals surface area contributed by atoms with Crippen LogP contribution in [-0.2, 0) is 9.16 Å². The van der Waals surface area contributed by atoms with Crippen molar-refractivity contribution < 1.29 is 18.0 Å². The molecule has 2 aromatic rings. The van der Waals surface area contributed by atoms with Crippen LogP contribution in [0.4, 0.5) is 0 Å². The Morgan fingerprint density at radius 1 is 0.870 bits per heavy atom. The van der Waals surface area contributed by atoms with Crippen LogP contribution in [0, 0.1) is 0 Å². The first-order valence-corrected chi connectivity index (χ1v) is 10.6. The van der Waals surface area contributed by atoms with E-state index in [9.17, 15) is 0 Å². The second-order valence-electron chi connectivity index (χ2n) is 4.71. The summed E-state index contributed by atoms with van der Waals surface area (Å²) in [7, 11) is -2.99. The molecule has 0 spiro atoms. The number of hydrogen-bond acceptors (Lipinski definition) is 4. The van der Waals surface area contributed by atoms with Gasteiger partial charge in [0.1, 0.15) is 18.3 Å². The molecular formula is C17H21BrO4Si. The molecule has 0 bridgehead atoms. The van der Waals surface area contributed by atoms with E-state index >= 15 is 0 Å². The van der Waals surface area contributed by atoms with Crippen LogP contribution < -0.4 is 8.85 Å². The van der Waals surface area contributed by atoms with E-state index in [1.54, 1.807) is 0 Å². The Kier molecular flexibility index (Phi) is 7.61. The number of alkyl halides is 1. The lowest BCUT2D eigenvalue weighted by Crippen LogP contribution is -2.52. The molecule has 2 aromatic carbocycles. The van der Waals surface area contributed by atoms with Gasteiger partial charge in [0.15, 0.2) is 0 Å². The topological polar surface area (TPSA) is 36.9 Å². The van der Waals surface area contributed by atoms with Gasteiger partial charge in [-0.1, -0.05) is 52.3 Å². The van der Waals surface area contributed by atoms with Gasteiger partial charge in [0.05, 0.1) is 6.04 Å². The number of benzene rings is 2. The summed E-state index contributed by atoms with van der Waals surface area (Å²) >= 11 is 3.47. The lowest BCUT2D eigenvalue weighted by molar-refractivity contribution is -0.0116. The normalized spacial score (nSPS) is 11.2. The van der Waals surface area contributed by atoms with Crippen molar-refractivity contribution in [1.82, 2.24) is 0 Å². The van der Waals surface area contributed by atoms with Crippen LogP contribution in [-0.4, -0.2) is 27.5 Å². The zero-order valence-electron chi connectivity index (χ0n) is 13.1. The van der Waals surface area contributed by atoms with Crippen molar-refractivity contribution in [2.45, 2.75) is 13.0 Å². The maximum Gasteiger partial charge on any atom is 0.634 e. The van der Waals surface area contributed by atoms with Crippen LogP contribution >= 0.6 is 15.9 Å². The van der Waals surface area contributed by atoms with Crippen LogP contribution in [0.15, 0.2) is 60.7 Å². The molecule has 0 saturated carbocycles. The van der Waals surface area contributed by atoms with E-state index in [1.165, 1.54) is 0 Å². The zero-order chi connectivity index (χ0) is 16.4. The van der Waals surface area contributed by atoms with E-state index in [-0.39, 0.29) is 6.79 Å². The average molecular weight is 397 g/mol. The minimum absolute atomic E-state index is 0.148. The Labute approximate surface area is 146 Å². The lowest BCUT2D eigenvalue weighted by atomic mass is 10.3. The second kappa shape index (κ2) is 9.72. The summed E-state index contributed by atoms with van der Waals surface area (Å²) in [6.07, 6.45) is 0. The third-order valence-corrected chi connectivity index (χ3v) is 6.64. The molecule has 0 radical (unpaired) electrons. The first-order chi connectivity index (χ1) is 11.3. The number of para-hydroxylation sites is 2. The van der Waals surface area contributed by atoms with Crippen molar-refractivity contribution in [2.75, 3.05) is 18.7 Å². The van der Waals surface area contributed by atoms with Crippen molar-refractivity contribution in [1.29, 1.82) is 0 Å². The van der Waals surface area contributed by atoms with E-state index in [0.717, 1.165) is 11.5 Å². The summed E-state index contributed by atoms with van der Waals surface area (Å²) in [6.45, 7) is 2.65. The van der Waals surface area contributed by atoms with Gasteiger partial charge in [-0.15, -0.1) is 0 Å². The van der Waals surface area contributed by atoms with Crippen LogP contribution in [0.1, 0.15) is 6.92 Å². The van der Waals surface area contributed by atoms with E-state index in [1.807, 2.05) is 67.6 Å². The molecule has 124 valence electrons. The Morgan fingerprint density at radius 3 is 1.83 bits per heavy atom. The fourth-order valence-electron chi connectivity index (χ4n) is 1.92. The fourth-order valence-corrected chi connectivity index (χ4v) is 5.37. The highest BCUT2D eigenvalue weighted by Crippen LogP contribution is 2.24. The van der Waals surface area contributed by atoms with Gasteiger partial charge in [0.2, 0.25) is 0 Å². The predicted molar refractivity (Wildman–Crippen MR) is 96.1 cm³/mol. The Bertz CT molecular complexity index is 512. The second-order valence-corrected chi connectivity index (χ2v) is 8.06. The van der Waals surface area contributed by atoms with Gasteiger partial charge in [0.25, 0.3) is 0 Å². The molecule has 0 unspecified atom stereocenters. The molecule has 0 amide bonds. The van der Waals surface area contributed by atoms with Gasteiger partial charge in [-0.05, 0) is 31.2 Å². The summed E-state index contributed by atoms with van der Waals surface area (Å²) < 4.78 is 23.7. The largest absolute Gasteiger partial charge is 0.634 e. The highest BCUT2D eigenvalue weighted by atomic mass is 79.9. The van der Waals surface area contributed by atoms with E-state index in [4.69, 9.17) is 18.0 Å². The third kappa shape index (κ3) is 5.99. The maximum atomic E-state index is 6.18. The molecule has 0 aliphatic heterocycles. The number of ether oxygens (including phenoxy) is 1. The molecule has 2 rings (SSSR count). The van der Waals surface area contributed by atoms with Crippen molar-refractivity contribution >= 4 is 24.7 Å². The minimum Gasteiger partial charge on any atom is -0.492 e. The first-order valence-electron chi connectivity index (χ1n) is 7.54. The molecule has 0 aliphatic rings. The third-order valence-electron chi connectivity index (χ3n) is 3.00. The molecule has 23 heavy (non-hydrogen) atoms. The van der Waals surface area contributed by atoms with Gasteiger partial charge < -0.3 is 18.0 Å². The Morgan fingerprint density at radius 2 is 1.39 bits per heavy atom. The standard InChI is InChI=1S/C17H21BrO4Si/c1-2-19-15-20-23(14-13-18,21-16-9-5-3-6-10-16)22-17-11-7-4-8-12-17/h3-12H,2,13-15H2,1H3. The molecule has 4 nitrogen and oxygen atoms in total. The SMILES string of the molecule is CCOCO[Si](CCBr)(Oc1ccccc1)Oc1ccccc1. The molecule has 6 heteroatoms. The molecule has 0 atom stereocenters. The van der Waals surface area contributed by atoms with Crippen LogP contribution in [0.5, 0.6) is 11.5 Å². The minimum atomic E-state index is -2.99. The summed E-state index contributed by atoms with van der Waals surface area (Å²) in [5, 5.41) is 0.713. The Balaban J connectivity index is 2.21. The summed E-state index contributed by atoms with van der Waals surface area (Å²) in [6, 6.07) is 19.8. The van der Waals surface area contributed by atoms with Gasteiger partial charge in [-0.2, -0.15) is 0 Å². The van der Waals surface area contributed by atoms with Crippen molar-refractivity contribution in [2.24, 2.45) is 0 Å². The van der Waals surface area contributed by atoms with E-state index in [2.05, 4.69) is 15.9 Å². The van der Waals surface area contributed by atoms with E-state index < -0.39 is 8.80 Å². The monoisotopic (exact) mass is 396 g/mol. The maximum absolute atomic E-state index is 6.18. The molecule has 0 saturated heterocycles.